The van der Waals surface area contributed by atoms with Crippen molar-refractivity contribution in [2.45, 2.75) is 20.3 Å². The molecule has 0 aliphatic carbocycles. The summed E-state index contributed by atoms with van der Waals surface area (Å²) in [6.07, 6.45) is 2.14. The molecule has 0 atom stereocenters. The van der Waals surface area contributed by atoms with Gasteiger partial charge in [-0.25, -0.2) is 9.97 Å². The maximum atomic E-state index is 11.1. The fourth-order valence-electron chi connectivity index (χ4n) is 2.05. The molecule has 0 amide bonds. The van der Waals surface area contributed by atoms with Gasteiger partial charge in [-0.3, -0.25) is 10.1 Å². The molecule has 0 saturated carbocycles. The van der Waals surface area contributed by atoms with E-state index in [9.17, 15) is 10.1 Å². The third kappa shape index (κ3) is 3.11. The van der Waals surface area contributed by atoms with Crippen molar-refractivity contribution in [2.24, 2.45) is 5.92 Å². The van der Waals surface area contributed by atoms with Gasteiger partial charge in [-0.1, -0.05) is 43.6 Å². The summed E-state index contributed by atoms with van der Waals surface area (Å²) in [7, 11) is 0. The largest absolute Gasteiger partial charge is 0.332 e. The molecule has 2 aromatic rings. The summed E-state index contributed by atoms with van der Waals surface area (Å²) in [4.78, 5) is 18.3. The second kappa shape index (κ2) is 5.96. The lowest BCUT2D eigenvalue weighted by atomic mass is 9.99. The van der Waals surface area contributed by atoms with Gasteiger partial charge in [-0.05, 0) is 24.0 Å². The van der Waals surface area contributed by atoms with Crippen LogP contribution < -0.4 is 0 Å². The number of benzene rings is 1. The van der Waals surface area contributed by atoms with Gasteiger partial charge in [0.1, 0.15) is 6.33 Å². The number of hydrogen-bond donors (Lipinski definition) is 0. The Bertz CT molecular complexity index is 644. The third-order valence-corrected chi connectivity index (χ3v) is 3.08. The molecule has 0 saturated heterocycles. The monoisotopic (exact) mass is 291 g/mol. The second-order valence-electron chi connectivity index (χ2n) is 4.92. The zero-order valence-electron chi connectivity index (χ0n) is 11.2. The van der Waals surface area contributed by atoms with Crippen LogP contribution in [0.2, 0.25) is 5.15 Å². The van der Waals surface area contributed by atoms with E-state index in [2.05, 4.69) is 23.8 Å². The molecule has 0 aliphatic heterocycles. The Kier molecular flexibility index (Phi) is 4.29. The number of halogens is 1. The molecule has 2 rings (SSSR count). The highest BCUT2D eigenvalue weighted by Gasteiger charge is 2.22. The summed E-state index contributed by atoms with van der Waals surface area (Å²) in [5, 5.41) is 11.0. The van der Waals surface area contributed by atoms with Gasteiger partial charge in [-0.2, -0.15) is 0 Å². The fraction of sp³-hybridized carbons (Fsp3) is 0.286. The zero-order valence-corrected chi connectivity index (χ0v) is 12.0. The minimum absolute atomic E-state index is 0.144. The molecule has 1 aromatic carbocycles. The van der Waals surface area contributed by atoms with Crippen molar-refractivity contribution in [3.05, 3.63) is 51.4 Å². The van der Waals surface area contributed by atoms with Gasteiger partial charge in [0.2, 0.25) is 5.15 Å². The molecule has 0 radical (unpaired) electrons. The number of nitrogens with zero attached hydrogens (tertiary/aromatic N) is 3. The van der Waals surface area contributed by atoms with Crippen LogP contribution in [-0.2, 0) is 6.42 Å². The Morgan fingerprint density at radius 2 is 2.10 bits per heavy atom. The van der Waals surface area contributed by atoms with Crippen molar-refractivity contribution < 1.29 is 4.92 Å². The Labute approximate surface area is 121 Å². The highest BCUT2D eigenvalue weighted by atomic mass is 35.5. The summed E-state index contributed by atoms with van der Waals surface area (Å²) in [5.74, 6) is 0.509. The smallest absolute Gasteiger partial charge is 0.258 e. The molecule has 1 heterocycles. The normalized spacial score (nSPS) is 10.8. The van der Waals surface area contributed by atoms with Crippen molar-refractivity contribution in [1.82, 2.24) is 9.97 Å². The molecule has 0 bridgehead atoms. The van der Waals surface area contributed by atoms with E-state index in [0.717, 1.165) is 12.0 Å². The Balaban J connectivity index is 2.52. The molecule has 6 heteroatoms. The first-order chi connectivity index (χ1) is 9.49. The lowest BCUT2D eigenvalue weighted by molar-refractivity contribution is -0.384. The summed E-state index contributed by atoms with van der Waals surface area (Å²) in [6.45, 7) is 4.24. The van der Waals surface area contributed by atoms with Gasteiger partial charge in [0, 0.05) is 5.56 Å². The molecule has 20 heavy (non-hydrogen) atoms. The van der Waals surface area contributed by atoms with Crippen LogP contribution in [0, 0.1) is 16.0 Å². The van der Waals surface area contributed by atoms with Gasteiger partial charge in [0.05, 0.1) is 4.92 Å². The topological polar surface area (TPSA) is 68.9 Å². The Morgan fingerprint density at radius 1 is 1.35 bits per heavy atom. The van der Waals surface area contributed by atoms with E-state index < -0.39 is 4.92 Å². The van der Waals surface area contributed by atoms with Crippen LogP contribution in [-0.4, -0.2) is 14.9 Å². The lowest BCUT2D eigenvalue weighted by Crippen LogP contribution is -1.99. The first-order valence-electron chi connectivity index (χ1n) is 6.23. The van der Waals surface area contributed by atoms with Crippen LogP contribution in [0.1, 0.15) is 19.4 Å². The Hall–Kier alpha value is -2.01. The average Bonchev–Trinajstić information content (AvgIpc) is 2.37. The molecule has 1 aromatic heterocycles. The summed E-state index contributed by atoms with van der Waals surface area (Å²) < 4.78 is 0. The molecule has 0 fully saturated rings. The average molecular weight is 292 g/mol. The highest BCUT2D eigenvalue weighted by Crippen LogP contribution is 2.32. The van der Waals surface area contributed by atoms with Crippen LogP contribution in [0.15, 0.2) is 30.6 Å². The summed E-state index contributed by atoms with van der Waals surface area (Å²) >= 11 is 5.81. The predicted octanol–water partition coefficient (Wildman–Crippen LogP) is 3.90. The maximum Gasteiger partial charge on any atom is 0.332 e. The SMILES string of the molecule is CC(C)Cc1cccc(-c2ncnc(Cl)c2[N+](=O)[O-])c1. The van der Waals surface area contributed by atoms with E-state index in [1.807, 2.05) is 18.2 Å². The quantitative estimate of drug-likeness (QED) is 0.486. The van der Waals surface area contributed by atoms with Gasteiger partial charge < -0.3 is 0 Å². The maximum absolute atomic E-state index is 11.1. The zero-order chi connectivity index (χ0) is 14.7. The molecule has 0 unspecified atom stereocenters. The number of nitro groups is 1. The van der Waals surface area contributed by atoms with Crippen LogP contribution in [0.25, 0.3) is 11.3 Å². The van der Waals surface area contributed by atoms with Crippen molar-refractivity contribution >= 4 is 17.3 Å². The third-order valence-electron chi connectivity index (χ3n) is 2.80. The van der Waals surface area contributed by atoms with E-state index in [1.54, 1.807) is 6.07 Å². The Morgan fingerprint density at radius 3 is 2.75 bits per heavy atom. The van der Waals surface area contributed by atoms with Crippen molar-refractivity contribution in [2.75, 3.05) is 0 Å². The first-order valence-corrected chi connectivity index (χ1v) is 6.61. The predicted molar refractivity (Wildman–Crippen MR) is 77.7 cm³/mol. The van der Waals surface area contributed by atoms with Gasteiger partial charge in [0.15, 0.2) is 5.69 Å². The van der Waals surface area contributed by atoms with Gasteiger partial charge >= 0.3 is 5.69 Å². The molecule has 0 aliphatic rings. The molecular formula is C14H14ClN3O2. The van der Waals surface area contributed by atoms with Gasteiger partial charge in [-0.15, -0.1) is 0 Å². The van der Waals surface area contributed by atoms with Crippen LogP contribution in [0.3, 0.4) is 0 Å². The molecule has 0 spiro atoms. The molecule has 5 nitrogen and oxygen atoms in total. The van der Waals surface area contributed by atoms with Crippen LogP contribution in [0.4, 0.5) is 5.69 Å². The van der Waals surface area contributed by atoms with Crippen LogP contribution in [0.5, 0.6) is 0 Å². The van der Waals surface area contributed by atoms with Crippen molar-refractivity contribution in [3.8, 4) is 11.3 Å². The number of hydrogen-bond acceptors (Lipinski definition) is 4. The summed E-state index contributed by atoms with van der Waals surface area (Å²) in [6, 6.07) is 7.56. The minimum atomic E-state index is -0.549. The minimum Gasteiger partial charge on any atom is -0.258 e. The molecule has 104 valence electrons. The standard InChI is InChI=1S/C14H14ClN3O2/c1-9(2)6-10-4-3-5-11(7-10)12-13(18(19)20)14(15)17-8-16-12/h3-5,7-9H,6H2,1-2H3. The van der Waals surface area contributed by atoms with E-state index in [0.29, 0.717) is 11.5 Å². The fourth-order valence-corrected chi connectivity index (χ4v) is 2.25. The van der Waals surface area contributed by atoms with Crippen molar-refractivity contribution in [3.63, 3.8) is 0 Å². The lowest BCUT2D eigenvalue weighted by Gasteiger charge is -2.07. The first kappa shape index (κ1) is 14.4. The highest BCUT2D eigenvalue weighted by molar-refractivity contribution is 6.31. The number of aromatic nitrogens is 2. The number of rotatable bonds is 4. The van der Waals surface area contributed by atoms with Crippen molar-refractivity contribution in [1.29, 1.82) is 0 Å². The summed E-state index contributed by atoms with van der Waals surface area (Å²) in [5.41, 5.74) is 1.79. The van der Waals surface area contributed by atoms with Gasteiger partial charge in [0.25, 0.3) is 0 Å². The van der Waals surface area contributed by atoms with Crippen LogP contribution >= 0.6 is 11.6 Å². The second-order valence-corrected chi connectivity index (χ2v) is 5.28. The van der Waals surface area contributed by atoms with E-state index >= 15 is 0 Å². The molecular weight excluding hydrogens is 278 g/mol. The van der Waals surface area contributed by atoms with E-state index in [4.69, 9.17) is 11.6 Å². The molecule has 0 N–H and O–H groups in total. The van der Waals surface area contributed by atoms with E-state index in [1.165, 1.54) is 6.33 Å². The van der Waals surface area contributed by atoms with E-state index in [-0.39, 0.29) is 16.5 Å².